The molecule has 0 spiro atoms. The van der Waals surface area contributed by atoms with Crippen molar-refractivity contribution < 1.29 is 4.79 Å². The van der Waals surface area contributed by atoms with Crippen LogP contribution in [0, 0.1) is 0 Å². The highest BCUT2D eigenvalue weighted by atomic mass is 16.2. The van der Waals surface area contributed by atoms with Crippen molar-refractivity contribution in [3.63, 3.8) is 0 Å². The second kappa shape index (κ2) is 9.06. The Hall–Kier alpha value is -3.93. The van der Waals surface area contributed by atoms with E-state index in [0.29, 0.717) is 12.4 Å². The van der Waals surface area contributed by atoms with Crippen molar-refractivity contribution in [2.75, 3.05) is 13.1 Å². The highest BCUT2D eigenvalue weighted by Crippen LogP contribution is 2.34. The summed E-state index contributed by atoms with van der Waals surface area (Å²) in [6.45, 7) is 1.40. The van der Waals surface area contributed by atoms with E-state index >= 15 is 0 Å². The first kappa shape index (κ1) is 20.0. The molecule has 1 atom stereocenters. The highest BCUT2D eigenvalue weighted by Gasteiger charge is 2.28. The summed E-state index contributed by atoms with van der Waals surface area (Å²) in [5.74, 6) is 0.874. The van der Waals surface area contributed by atoms with Crippen LogP contribution in [-0.4, -0.2) is 43.8 Å². The van der Waals surface area contributed by atoms with E-state index in [9.17, 15) is 4.79 Å². The molecule has 32 heavy (non-hydrogen) atoms. The summed E-state index contributed by atoms with van der Waals surface area (Å²) in [7, 11) is 0. The van der Waals surface area contributed by atoms with Gasteiger partial charge in [0.15, 0.2) is 5.82 Å². The van der Waals surface area contributed by atoms with Crippen LogP contribution in [0.25, 0.3) is 22.5 Å². The van der Waals surface area contributed by atoms with Gasteiger partial charge < -0.3 is 4.90 Å². The van der Waals surface area contributed by atoms with Gasteiger partial charge >= 0.3 is 0 Å². The summed E-state index contributed by atoms with van der Waals surface area (Å²) in [6, 6.07) is 17.3. The molecule has 4 aromatic rings. The zero-order valence-corrected chi connectivity index (χ0v) is 17.6. The van der Waals surface area contributed by atoms with Crippen molar-refractivity contribution >= 4 is 5.91 Å². The van der Waals surface area contributed by atoms with Crippen LogP contribution in [0.3, 0.4) is 0 Å². The monoisotopic (exact) mass is 421 g/mol. The second-order valence-electron chi connectivity index (χ2n) is 7.92. The fraction of sp³-hybridized carbons (Fsp3) is 0.192. The van der Waals surface area contributed by atoms with E-state index in [1.165, 1.54) is 0 Å². The van der Waals surface area contributed by atoms with Crippen molar-refractivity contribution in [2.24, 2.45) is 0 Å². The molecular weight excluding hydrogens is 398 g/mol. The lowest BCUT2D eigenvalue weighted by Crippen LogP contribution is -2.39. The van der Waals surface area contributed by atoms with Crippen molar-refractivity contribution in [3.8, 4) is 22.5 Å². The number of amides is 1. The predicted molar refractivity (Wildman–Crippen MR) is 123 cm³/mol. The first-order valence-corrected chi connectivity index (χ1v) is 10.8. The molecule has 0 bridgehead atoms. The van der Waals surface area contributed by atoms with Crippen molar-refractivity contribution in [3.05, 3.63) is 96.8 Å². The molecule has 1 aliphatic heterocycles. The average Bonchev–Trinajstić information content (AvgIpc) is 2.89. The molecule has 0 saturated carbocycles. The van der Waals surface area contributed by atoms with Gasteiger partial charge in [-0.15, -0.1) is 0 Å². The summed E-state index contributed by atoms with van der Waals surface area (Å²) in [4.78, 5) is 33.0. The van der Waals surface area contributed by atoms with Crippen molar-refractivity contribution in [1.29, 1.82) is 0 Å². The maximum Gasteiger partial charge on any atom is 0.253 e. The van der Waals surface area contributed by atoms with Gasteiger partial charge in [0.25, 0.3) is 5.91 Å². The molecule has 0 aliphatic carbocycles. The minimum atomic E-state index is 0.0733. The Labute approximate surface area is 187 Å². The largest absolute Gasteiger partial charge is 0.338 e. The van der Waals surface area contributed by atoms with Gasteiger partial charge in [-0.3, -0.25) is 14.8 Å². The number of nitrogens with zero attached hydrogens (tertiary/aromatic N) is 5. The van der Waals surface area contributed by atoms with Gasteiger partial charge in [0.1, 0.15) is 0 Å². The summed E-state index contributed by atoms with van der Waals surface area (Å²) in [5.41, 5.74) is 4.65. The van der Waals surface area contributed by atoms with E-state index in [1.54, 1.807) is 24.8 Å². The molecule has 3 aromatic heterocycles. The molecular formula is C26H23N5O. The lowest BCUT2D eigenvalue weighted by atomic mass is 9.89. The third-order valence-corrected chi connectivity index (χ3v) is 5.86. The quantitative estimate of drug-likeness (QED) is 0.481. The minimum absolute atomic E-state index is 0.0733. The van der Waals surface area contributed by atoms with E-state index in [0.717, 1.165) is 47.3 Å². The number of carbonyl (C=O) groups is 1. The molecule has 4 heterocycles. The maximum absolute atomic E-state index is 13.1. The number of piperidine rings is 1. The summed E-state index contributed by atoms with van der Waals surface area (Å²) < 4.78 is 0. The maximum atomic E-state index is 13.1. The van der Waals surface area contributed by atoms with Gasteiger partial charge in [-0.25, -0.2) is 9.97 Å². The van der Waals surface area contributed by atoms with Crippen LogP contribution in [0.1, 0.15) is 34.8 Å². The Kier molecular flexibility index (Phi) is 5.66. The molecule has 1 saturated heterocycles. The fourth-order valence-electron chi connectivity index (χ4n) is 4.25. The van der Waals surface area contributed by atoms with Crippen LogP contribution in [0.15, 0.2) is 85.6 Å². The molecule has 1 fully saturated rings. The van der Waals surface area contributed by atoms with Gasteiger partial charge in [0, 0.05) is 66.7 Å². The number of pyridine rings is 2. The number of rotatable bonds is 4. The molecule has 0 radical (unpaired) electrons. The Bertz CT molecular complexity index is 1200. The van der Waals surface area contributed by atoms with Crippen LogP contribution in [0.2, 0.25) is 0 Å². The van der Waals surface area contributed by atoms with Gasteiger partial charge in [-0.05, 0) is 54.8 Å². The standard InChI is InChI=1S/C26H23N5O/c32-26(21-5-2-1-3-6-21)31-16-4-7-22(18-31)24-23(19-8-12-27-13-9-19)17-29-25(30-24)20-10-14-28-15-11-20/h1-3,5-6,8-15,17,22H,4,7,16,18H2/t22-/m0/s1. The smallest absolute Gasteiger partial charge is 0.253 e. The van der Waals surface area contributed by atoms with Crippen molar-refractivity contribution in [1.82, 2.24) is 24.8 Å². The molecule has 6 nitrogen and oxygen atoms in total. The Balaban J connectivity index is 1.52. The van der Waals surface area contributed by atoms with Crippen LogP contribution >= 0.6 is 0 Å². The Morgan fingerprint density at radius 3 is 2.28 bits per heavy atom. The predicted octanol–water partition coefficient (Wildman–Crippen LogP) is 4.62. The molecule has 6 heteroatoms. The number of likely N-dealkylation sites (tertiary alicyclic amines) is 1. The van der Waals surface area contributed by atoms with Crippen LogP contribution in [0.5, 0.6) is 0 Å². The van der Waals surface area contributed by atoms with Crippen LogP contribution in [0.4, 0.5) is 0 Å². The topological polar surface area (TPSA) is 71.9 Å². The van der Waals surface area contributed by atoms with Crippen molar-refractivity contribution in [2.45, 2.75) is 18.8 Å². The zero-order valence-electron chi connectivity index (χ0n) is 17.6. The summed E-state index contributed by atoms with van der Waals surface area (Å²) >= 11 is 0. The van der Waals surface area contributed by atoms with E-state index < -0.39 is 0 Å². The number of aromatic nitrogens is 4. The van der Waals surface area contributed by atoms with E-state index in [2.05, 4.69) is 15.0 Å². The SMILES string of the molecule is O=C(c1ccccc1)N1CCC[C@H](c2nc(-c3ccncc3)ncc2-c2ccncc2)C1. The van der Waals surface area contributed by atoms with Crippen LogP contribution < -0.4 is 0 Å². The average molecular weight is 422 g/mol. The molecule has 1 aromatic carbocycles. The number of hydrogen-bond acceptors (Lipinski definition) is 5. The minimum Gasteiger partial charge on any atom is -0.338 e. The number of benzene rings is 1. The zero-order chi connectivity index (χ0) is 21.8. The van der Waals surface area contributed by atoms with Gasteiger partial charge in [-0.2, -0.15) is 0 Å². The first-order valence-electron chi connectivity index (χ1n) is 10.8. The molecule has 158 valence electrons. The Morgan fingerprint density at radius 2 is 1.56 bits per heavy atom. The highest BCUT2D eigenvalue weighted by molar-refractivity contribution is 5.94. The molecule has 5 rings (SSSR count). The molecule has 1 aliphatic rings. The lowest BCUT2D eigenvalue weighted by Gasteiger charge is -2.33. The third-order valence-electron chi connectivity index (χ3n) is 5.86. The summed E-state index contributed by atoms with van der Waals surface area (Å²) in [6.07, 6.45) is 10.9. The van der Waals surface area contributed by atoms with E-state index in [1.807, 2.05) is 65.7 Å². The number of carbonyl (C=O) groups excluding carboxylic acids is 1. The molecule has 0 unspecified atom stereocenters. The number of hydrogen-bond donors (Lipinski definition) is 0. The Morgan fingerprint density at radius 1 is 0.875 bits per heavy atom. The van der Waals surface area contributed by atoms with Gasteiger partial charge in [0.05, 0.1) is 5.69 Å². The van der Waals surface area contributed by atoms with Gasteiger partial charge in [-0.1, -0.05) is 18.2 Å². The fourth-order valence-corrected chi connectivity index (χ4v) is 4.25. The van der Waals surface area contributed by atoms with E-state index in [-0.39, 0.29) is 11.8 Å². The lowest BCUT2D eigenvalue weighted by molar-refractivity contribution is 0.0706. The van der Waals surface area contributed by atoms with E-state index in [4.69, 9.17) is 4.98 Å². The molecule has 1 amide bonds. The summed E-state index contributed by atoms with van der Waals surface area (Å²) in [5, 5.41) is 0. The second-order valence-corrected chi connectivity index (χ2v) is 7.92. The normalized spacial score (nSPS) is 16.0. The van der Waals surface area contributed by atoms with Gasteiger partial charge in [0.2, 0.25) is 0 Å². The third kappa shape index (κ3) is 4.12. The first-order chi connectivity index (χ1) is 15.8. The molecule has 0 N–H and O–H groups in total. The van der Waals surface area contributed by atoms with Crippen LogP contribution in [-0.2, 0) is 0 Å².